The number of anilines is 1. The molecule has 0 radical (unpaired) electrons. The second-order valence-electron chi connectivity index (χ2n) is 3.68. The van der Waals surface area contributed by atoms with Gasteiger partial charge in [0.25, 0.3) is 0 Å². The van der Waals surface area contributed by atoms with Gasteiger partial charge in [-0.05, 0) is 28.1 Å². The van der Waals surface area contributed by atoms with E-state index in [0.717, 1.165) is 4.90 Å². The highest BCUT2D eigenvalue weighted by Crippen LogP contribution is 2.36. The molecule has 1 heterocycles. The van der Waals surface area contributed by atoms with Crippen LogP contribution in [-0.4, -0.2) is 23.2 Å². The summed E-state index contributed by atoms with van der Waals surface area (Å²) < 4.78 is 13.6. The molecule has 1 aliphatic heterocycles. The summed E-state index contributed by atoms with van der Waals surface area (Å²) in [6.07, 6.45) is -0.311. The Kier molecular flexibility index (Phi) is 3.12. The third kappa shape index (κ3) is 1.99. The van der Waals surface area contributed by atoms with Crippen molar-refractivity contribution in [2.45, 2.75) is 6.42 Å². The van der Waals surface area contributed by atoms with Gasteiger partial charge in [-0.25, -0.2) is 0 Å². The van der Waals surface area contributed by atoms with Crippen LogP contribution >= 0.6 is 15.9 Å². The highest BCUT2D eigenvalue weighted by Gasteiger charge is 2.35. The lowest BCUT2D eigenvalue weighted by atomic mass is 10.2. The molecule has 6 nitrogen and oxygen atoms in total. The Bertz CT molecular complexity index is 575. The molecule has 0 aliphatic carbocycles. The van der Waals surface area contributed by atoms with Gasteiger partial charge in [0.1, 0.15) is 5.69 Å². The van der Waals surface area contributed by atoms with Gasteiger partial charge in [-0.1, -0.05) is 0 Å². The van der Waals surface area contributed by atoms with Crippen LogP contribution < -0.4 is 4.90 Å². The number of ketones is 1. The Hall–Kier alpha value is -1.83. The minimum absolute atomic E-state index is 0.0732. The first-order valence-corrected chi connectivity index (χ1v) is 5.65. The summed E-state index contributed by atoms with van der Waals surface area (Å²) in [5.41, 5.74) is -1.01. The van der Waals surface area contributed by atoms with Crippen molar-refractivity contribution in [3.8, 4) is 0 Å². The van der Waals surface area contributed by atoms with Crippen LogP contribution in [0.1, 0.15) is 6.42 Å². The van der Waals surface area contributed by atoms with Gasteiger partial charge in [-0.15, -0.1) is 0 Å². The number of nitro benzene ring substituents is 1. The zero-order chi connectivity index (χ0) is 13.4. The highest BCUT2D eigenvalue weighted by molar-refractivity contribution is 9.10. The maximum Gasteiger partial charge on any atom is 0.329 e. The van der Waals surface area contributed by atoms with Crippen LogP contribution in [0.25, 0.3) is 0 Å². The molecule has 1 amide bonds. The lowest BCUT2D eigenvalue weighted by Crippen LogP contribution is -2.25. The summed E-state index contributed by atoms with van der Waals surface area (Å²) >= 11 is 2.83. The topological polar surface area (TPSA) is 80.5 Å². The summed E-state index contributed by atoms with van der Waals surface area (Å²) in [6.45, 7) is -0.263. The molecule has 8 heteroatoms. The molecule has 0 atom stereocenters. The van der Waals surface area contributed by atoms with Crippen molar-refractivity contribution in [1.82, 2.24) is 0 Å². The Morgan fingerprint density at radius 3 is 2.56 bits per heavy atom. The standard InChI is InChI=1S/C10H6BrFN2O4/c11-6-1-2-7(10(9(6)12)14(17)18)13-4-5(15)3-8(13)16/h1-2H,3-4H2. The number of carbonyl (C=O) groups is 2. The minimum atomic E-state index is -1.07. The number of nitro groups is 1. The third-order valence-electron chi connectivity index (χ3n) is 2.51. The summed E-state index contributed by atoms with van der Waals surface area (Å²) in [7, 11) is 0. The molecular weight excluding hydrogens is 311 g/mol. The molecule has 1 fully saturated rings. The number of rotatable bonds is 2. The summed E-state index contributed by atoms with van der Waals surface area (Å²) in [6, 6.07) is 2.50. The molecule has 0 N–H and O–H groups in total. The van der Waals surface area contributed by atoms with Gasteiger partial charge in [0, 0.05) is 0 Å². The van der Waals surface area contributed by atoms with Crippen molar-refractivity contribution < 1.29 is 18.9 Å². The number of hydrogen-bond acceptors (Lipinski definition) is 4. The van der Waals surface area contributed by atoms with Crippen LogP contribution in [0.3, 0.4) is 0 Å². The minimum Gasteiger partial charge on any atom is -0.298 e. The van der Waals surface area contributed by atoms with E-state index in [0.29, 0.717) is 0 Å². The second kappa shape index (κ2) is 4.45. The molecule has 0 aromatic heterocycles. The van der Waals surface area contributed by atoms with E-state index in [1.54, 1.807) is 0 Å². The summed E-state index contributed by atoms with van der Waals surface area (Å²) in [5.74, 6) is -1.98. The first-order chi connectivity index (χ1) is 8.41. The Morgan fingerprint density at radius 1 is 1.39 bits per heavy atom. The monoisotopic (exact) mass is 316 g/mol. The smallest absolute Gasteiger partial charge is 0.298 e. The normalized spacial score (nSPS) is 15.3. The van der Waals surface area contributed by atoms with E-state index >= 15 is 0 Å². The van der Waals surface area contributed by atoms with Gasteiger partial charge in [-0.3, -0.25) is 24.6 Å². The second-order valence-corrected chi connectivity index (χ2v) is 4.54. The molecule has 1 aliphatic rings. The quantitative estimate of drug-likeness (QED) is 0.473. The Balaban J connectivity index is 2.58. The SMILES string of the molecule is O=C1CC(=O)N(c2ccc(Br)c(F)c2[N+](=O)[O-])C1. The maximum atomic E-state index is 13.7. The van der Waals surface area contributed by atoms with E-state index in [-0.39, 0.29) is 28.9 Å². The van der Waals surface area contributed by atoms with E-state index in [1.807, 2.05) is 0 Å². The molecule has 0 saturated carbocycles. The van der Waals surface area contributed by atoms with Crippen LogP contribution in [0.2, 0.25) is 0 Å². The number of hydrogen-bond donors (Lipinski definition) is 0. The lowest BCUT2D eigenvalue weighted by Gasteiger charge is -2.15. The zero-order valence-electron chi connectivity index (χ0n) is 8.85. The van der Waals surface area contributed by atoms with Gasteiger partial charge in [0.05, 0.1) is 22.4 Å². The molecule has 94 valence electrons. The van der Waals surface area contributed by atoms with Gasteiger partial charge < -0.3 is 0 Å². The Labute approximate surface area is 109 Å². The highest BCUT2D eigenvalue weighted by atomic mass is 79.9. The first-order valence-electron chi connectivity index (χ1n) is 4.86. The number of amides is 1. The van der Waals surface area contributed by atoms with E-state index in [9.17, 15) is 24.1 Å². The summed E-state index contributed by atoms with van der Waals surface area (Å²) in [4.78, 5) is 33.5. The fourth-order valence-electron chi connectivity index (χ4n) is 1.73. The molecule has 0 bridgehead atoms. The van der Waals surface area contributed by atoms with Crippen LogP contribution in [-0.2, 0) is 9.59 Å². The lowest BCUT2D eigenvalue weighted by molar-refractivity contribution is -0.386. The third-order valence-corrected chi connectivity index (χ3v) is 3.12. The zero-order valence-corrected chi connectivity index (χ0v) is 10.4. The van der Waals surface area contributed by atoms with Gasteiger partial charge in [0.2, 0.25) is 11.7 Å². The average molecular weight is 317 g/mol. The fourth-order valence-corrected chi connectivity index (χ4v) is 2.05. The first kappa shape index (κ1) is 12.6. The Morgan fingerprint density at radius 2 is 2.06 bits per heavy atom. The van der Waals surface area contributed by atoms with Crippen molar-refractivity contribution in [3.05, 3.63) is 32.5 Å². The molecule has 0 unspecified atom stereocenters. The van der Waals surface area contributed by atoms with Crippen LogP contribution in [0.4, 0.5) is 15.8 Å². The predicted molar refractivity (Wildman–Crippen MR) is 62.7 cm³/mol. The number of nitrogens with zero attached hydrogens (tertiary/aromatic N) is 2. The van der Waals surface area contributed by atoms with Gasteiger partial charge in [0.15, 0.2) is 5.78 Å². The number of carbonyl (C=O) groups excluding carboxylic acids is 2. The van der Waals surface area contributed by atoms with E-state index in [4.69, 9.17) is 0 Å². The number of benzene rings is 1. The average Bonchev–Trinajstić information content (AvgIpc) is 2.61. The van der Waals surface area contributed by atoms with Crippen molar-refractivity contribution in [2.75, 3.05) is 11.4 Å². The molecule has 18 heavy (non-hydrogen) atoms. The molecular formula is C10H6BrFN2O4. The molecule has 2 rings (SSSR count). The number of halogens is 2. The molecule has 1 aromatic rings. The number of Topliss-reactive ketones (excluding diaryl/α,β-unsaturated/α-hetero) is 1. The van der Waals surface area contributed by atoms with Gasteiger partial charge >= 0.3 is 5.69 Å². The van der Waals surface area contributed by atoms with E-state index in [2.05, 4.69) is 15.9 Å². The van der Waals surface area contributed by atoms with Crippen molar-refractivity contribution >= 4 is 39.0 Å². The largest absolute Gasteiger partial charge is 0.329 e. The summed E-state index contributed by atoms with van der Waals surface area (Å²) in [5, 5.41) is 10.9. The van der Waals surface area contributed by atoms with Crippen molar-refractivity contribution in [1.29, 1.82) is 0 Å². The van der Waals surface area contributed by atoms with Crippen LogP contribution in [0.15, 0.2) is 16.6 Å². The van der Waals surface area contributed by atoms with E-state index < -0.39 is 22.3 Å². The molecule has 0 spiro atoms. The van der Waals surface area contributed by atoms with Crippen molar-refractivity contribution in [2.24, 2.45) is 0 Å². The molecule has 1 saturated heterocycles. The fraction of sp³-hybridized carbons (Fsp3) is 0.200. The van der Waals surface area contributed by atoms with Gasteiger partial charge in [-0.2, -0.15) is 4.39 Å². The maximum absolute atomic E-state index is 13.7. The predicted octanol–water partition coefficient (Wildman–Crippen LogP) is 1.80. The van der Waals surface area contributed by atoms with E-state index in [1.165, 1.54) is 12.1 Å². The molecule has 1 aromatic carbocycles. The van der Waals surface area contributed by atoms with Crippen LogP contribution in [0.5, 0.6) is 0 Å². The van der Waals surface area contributed by atoms with Crippen LogP contribution in [0, 0.1) is 15.9 Å². The van der Waals surface area contributed by atoms with Crippen molar-refractivity contribution in [3.63, 3.8) is 0 Å².